The number of ketones is 1. The number of esters is 1. The van der Waals surface area contributed by atoms with Crippen molar-refractivity contribution in [3.63, 3.8) is 0 Å². The highest BCUT2D eigenvalue weighted by atomic mass is 19.2. The molecule has 0 spiro atoms. The first-order valence-electron chi connectivity index (χ1n) is 18.0. The van der Waals surface area contributed by atoms with Crippen LogP contribution in [0.15, 0.2) is 48.9 Å². The molecular formula is C41H19BF20N2O3. The summed E-state index contributed by atoms with van der Waals surface area (Å²) in [4.78, 5) is 28.4. The number of nitrogens with zero attached hydrogens (tertiary/aromatic N) is 2. The molecule has 0 atom stereocenters. The normalized spacial score (nSPS) is 11.7. The van der Waals surface area contributed by atoms with Crippen molar-refractivity contribution >= 4 is 39.7 Å². The van der Waals surface area contributed by atoms with E-state index in [1.807, 2.05) is 6.07 Å². The van der Waals surface area contributed by atoms with Crippen molar-refractivity contribution in [1.29, 1.82) is 0 Å². The third-order valence-corrected chi connectivity index (χ3v) is 9.56. The van der Waals surface area contributed by atoms with E-state index in [9.17, 15) is 62.3 Å². The summed E-state index contributed by atoms with van der Waals surface area (Å²) in [5.74, 6) is -72.0. The monoisotopic (exact) mass is 978 g/mol. The highest BCUT2D eigenvalue weighted by molar-refractivity contribution is 7.20. The zero-order valence-electron chi connectivity index (χ0n) is 33.1. The van der Waals surface area contributed by atoms with Crippen molar-refractivity contribution in [2.24, 2.45) is 0 Å². The van der Waals surface area contributed by atoms with Gasteiger partial charge in [0.2, 0.25) is 12.3 Å². The van der Waals surface area contributed by atoms with Crippen LogP contribution in [0.25, 0.3) is 0 Å². The van der Waals surface area contributed by atoms with Gasteiger partial charge in [-0.15, -0.1) is 21.9 Å². The van der Waals surface area contributed by atoms with Gasteiger partial charge in [-0.3, -0.25) is 9.78 Å². The number of benzene rings is 5. The first-order chi connectivity index (χ1) is 31.1. The molecule has 67 heavy (non-hydrogen) atoms. The quantitative estimate of drug-likeness (QED) is 0.0295. The molecule has 0 bridgehead atoms. The summed E-state index contributed by atoms with van der Waals surface area (Å²) in [6.07, 6.45) is -2.68. The maximum atomic E-state index is 15.4. The Kier molecular flexibility index (Phi) is 14.2. The van der Waals surface area contributed by atoms with Crippen molar-refractivity contribution in [2.75, 3.05) is 0 Å². The molecule has 1 aromatic heterocycles. The van der Waals surface area contributed by atoms with E-state index in [1.165, 1.54) is 12.4 Å². The minimum absolute atomic E-state index is 0.0567. The second-order valence-electron chi connectivity index (χ2n) is 14.7. The number of rotatable bonds is 8. The molecule has 0 amide bonds. The van der Waals surface area contributed by atoms with Crippen LogP contribution in [0.2, 0.25) is 0 Å². The number of halogens is 20. The van der Waals surface area contributed by atoms with Gasteiger partial charge in [-0.1, -0.05) is 30.3 Å². The average Bonchev–Trinajstić information content (AvgIpc) is 3.29. The fraction of sp³-hybridized carbons (Fsp3) is 0.122. The number of hydrogen-bond acceptors (Lipinski definition) is 4. The first kappa shape index (κ1) is 51.0. The molecule has 0 saturated carbocycles. The van der Waals surface area contributed by atoms with Gasteiger partial charge < -0.3 is 4.74 Å². The summed E-state index contributed by atoms with van der Waals surface area (Å²) < 4.78 is 301. The van der Waals surface area contributed by atoms with Crippen LogP contribution in [0.4, 0.5) is 87.8 Å². The summed E-state index contributed by atoms with van der Waals surface area (Å²) in [5, 5.41) is 0. The molecule has 0 fully saturated rings. The number of Topliss-reactive ketones (excluding diaryl/α,β-unsaturated/α-hetero) is 1. The molecule has 354 valence electrons. The number of hydrogen-bond donors (Lipinski definition) is 0. The zero-order chi connectivity index (χ0) is 50.5. The van der Waals surface area contributed by atoms with Gasteiger partial charge in [-0.05, 0) is 20.8 Å². The number of carbonyl (C=O) groups is 2. The Balaban J connectivity index is 0.000000319. The Hall–Kier alpha value is -7.02. The van der Waals surface area contributed by atoms with Crippen molar-refractivity contribution < 1.29 is 107 Å². The minimum Gasteiger partial charge on any atom is -0.452 e. The Morgan fingerprint density at radius 1 is 0.478 bits per heavy atom. The molecule has 0 radical (unpaired) electrons. The number of aromatic nitrogens is 2. The van der Waals surface area contributed by atoms with Gasteiger partial charge in [0.05, 0.1) is 6.20 Å². The Bertz CT molecular complexity index is 2620. The Morgan fingerprint density at radius 3 is 1.04 bits per heavy atom. The van der Waals surface area contributed by atoms with E-state index in [-0.39, 0.29) is 18.0 Å². The van der Waals surface area contributed by atoms with Crippen LogP contribution in [0.5, 0.6) is 0 Å². The van der Waals surface area contributed by atoms with Gasteiger partial charge in [0.25, 0.3) is 0 Å². The lowest BCUT2D eigenvalue weighted by molar-refractivity contribution is -0.686. The van der Waals surface area contributed by atoms with Gasteiger partial charge in [0.15, 0.2) is 76.0 Å². The van der Waals surface area contributed by atoms with E-state index in [2.05, 4.69) is 4.98 Å². The zero-order valence-corrected chi connectivity index (χ0v) is 33.1. The minimum atomic E-state index is -7.22. The van der Waals surface area contributed by atoms with Crippen LogP contribution in [0.3, 0.4) is 0 Å². The van der Waals surface area contributed by atoms with E-state index < -0.39 is 156 Å². The van der Waals surface area contributed by atoms with Crippen LogP contribution < -0.4 is 26.4 Å². The van der Waals surface area contributed by atoms with E-state index >= 15 is 35.1 Å². The van der Waals surface area contributed by atoms with Crippen LogP contribution in [-0.2, 0) is 11.3 Å². The lowest BCUT2D eigenvalue weighted by Crippen LogP contribution is -2.81. The van der Waals surface area contributed by atoms with Gasteiger partial charge in [0, 0.05) is 5.56 Å². The van der Waals surface area contributed by atoms with Crippen LogP contribution in [0.1, 0.15) is 41.6 Å². The fourth-order valence-corrected chi connectivity index (χ4v) is 6.77. The lowest BCUT2D eigenvalue weighted by Gasteiger charge is -2.44. The molecule has 5 nitrogen and oxygen atoms in total. The predicted octanol–water partition coefficient (Wildman–Crippen LogP) is 8.05. The van der Waals surface area contributed by atoms with Crippen molar-refractivity contribution in [1.82, 2.24) is 4.98 Å². The molecule has 0 N–H and O–H groups in total. The van der Waals surface area contributed by atoms with Crippen molar-refractivity contribution in [3.05, 3.63) is 177 Å². The summed E-state index contributed by atoms with van der Waals surface area (Å²) in [7, 11) is 0. The standard InChI is InChI=1S/C24BF20.C17H19N2O3/c26-5-1(6(27)14(35)21(42)13(5)34)25(2-7(28)15(36)22(43)16(37)8(2)29,3-9(30)17(38)23(44)18(39)10(3)31)4-11(32)19(40)24(45)20(41)12(4)33;1-17(2,3)22-16(21)14-11-18-9-10-19(14)12-15(20)13-7-5-4-6-8-13/h;4-11H,12H2,1-3H3/q-1;+1. The van der Waals surface area contributed by atoms with Crippen LogP contribution in [0, 0.1) is 116 Å². The topological polar surface area (TPSA) is 60.1 Å². The highest BCUT2D eigenvalue weighted by Crippen LogP contribution is 2.31. The molecule has 5 aromatic carbocycles. The SMILES string of the molecule is CC(C)(C)OC(=O)c1cncc[n+]1CC(=O)c1ccccc1.Fc1c(F)c(F)c([B-](c2c(F)c(F)c(F)c(F)c2F)(c2c(F)c(F)c(F)c(F)c2F)c2c(F)c(F)c(F)c(F)c2F)c(F)c1F. The second kappa shape index (κ2) is 18.7. The third kappa shape index (κ3) is 8.63. The first-order valence-corrected chi connectivity index (χ1v) is 18.0. The summed E-state index contributed by atoms with van der Waals surface area (Å²) in [6.45, 7) is 5.43. The molecule has 0 unspecified atom stereocenters. The van der Waals surface area contributed by atoms with Gasteiger partial charge in [-0.25, -0.2) is 92.6 Å². The molecule has 0 saturated heterocycles. The van der Waals surface area contributed by atoms with Gasteiger partial charge >= 0.3 is 11.7 Å². The van der Waals surface area contributed by atoms with Gasteiger partial charge in [0.1, 0.15) is 64.5 Å². The highest BCUT2D eigenvalue weighted by Gasteiger charge is 2.52. The molecule has 1 heterocycles. The Labute approximate surface area is 360 Å². The Morgan fingerprint density at radius 2 is 0.761 bits per heavy atom. The summed E-state index contributed by atoms with van der Waals surface area (Å²) >= 11 is 0. The van der Waals surface area contributed by atoms with Crippen LogP contribution in [-0.4, -0.2) is 28.5 Å². The predicted molar refractivity (Wildman–Crippen MR) is 190 cm³/mol. The molecule has 26 heteroatoms. The number of carbonyl (C=O) groups excluding carboxylic acids is 2. The molecule has 0 aliphatic rings. The van der Waals surface area contributed by atoms with E-state index in [0.29, 0.717) is 5.56 Å². The summed E-state index contributed by atoms with van der Waals surface area (Å²) in [6, 6.07) is 8.95. The number of ether oxygens (including phenoxy) is 1. The molecule has 0 aliphatic heterocycles. The molecule has 0 aliphatic carbocycles. The molecule has 6 aromatic rings. The molecule has 6 rings (SSSR count). The smallest absolute Gasteiger partial charge is 0.405 e. The van der Waals surface area contributed by atoms with Crippen LogP contribution >= 0.6 is 0 Å². The van der Waals surface area contributed by atoms with E-state index in [4.69, 9.17) is 4.74 Å². The van der Waals surface area contributed by atoms with Gasteiger partial charge in [-0.2, -0.15) is 4.57 Å². The fourth-order valence-electron chi connectivity index (χ4n) is 6.77. The lowest BCUT2D eigenvalue weighted by atomic mass is 9.12. The maximum Gasteiger partial charge on any atom is 0.405 e. The maximum absolute atomic E-state index is 15.4. The molecular weight excluding hydrogens is 959 g/mol. The summed E-state index contributed by atoms with van der Waals surface area (Å²) in [5.41, 5.74) is -14.1. The largest absolute Gasteiger partial charge is 0.452 e. The second-order valence-corrected chi connectivity index (χ2v) is 14.7. The van der Waals surface area contributed by atoms with Crippen molar-refractivity contribution in [3.8, 4) is 0 Å². The van der Waals surface area contributed by atoms with E-state index in [1.54, 1.807) is 55.8 Å². The average molecular weight is 978 g/mol. The van der Waals surface area contributed by atoms with Crippen molar-refractivity contribution in [2.45, 2.75) is 32.9 Å². The third-order valence-electron chi connectivity index (χ3n) is 9.56. The van der Waals surface area contributed by atoms with E-state index in [0.717, 1.165) is 0 Å².